The predicted octanol–water partition coefficient (Wildman–Crippen LogP) is 3.71. The lowest BCUT2D eigenvalue weighted by molar-refractivity contribution is -0.118. The molecule has 0 unspecified atom stereocenters. The van der Waals surface area contributed by atoms with Gasteiger partial charge in [-0.1, -0.05) is 20.3 Å². The number of nitrogens with zero attached hydrogens (tertiary/aromatic N) is 4. The summed E-state index contributed by atoms with van der Waals surface area (Å²) in [5.74, 6) is 2.01. The van der Waals surface area contributed by atoms with E-state index in [2.05, 4.69) is 25.8 Å². The minimum absolute atomic E-state index is 0.0238. The smallest absolute Gasteiger partial charge is 0.226 e. The van der Waals surface area contributed by atoms with Crippen molar-refractivity contribution in [3.8, 4) is 0 Å². The average molecular weight is 410 g/mol. The Labute approximate surface area is 179 Å². The van der Waals surface area contributed by atoms with E-state index in [1.165, 1.54) is 63.1 Å². The third-order valence-corrected chi connectivity index (χ3v) is 7.35. The van der Waals surface area contributed by atoms with Crippen LogP contribution in [0, 0.1) is 11.8 Å². The number of carbonyl (C=O) groups excluding carboxylic acids is 1. The van der Waals surface area contributed by atoms with E-state index in [0.717, 1.165) is 42.8 Å². The van der Waals surface area contributed by atoms with Gasteiger partial charge in [-0.3, -0.25) is 9.69 Å². The topological polar surface area (TPSA) is 53.4 Å². The molecule has 2 saturated heterocycles. The highest BCUT2D eigenvalue weighted by atomic mass is 16.1. The zero-order chi connectivity index (χ0) is 20.7. The summed E-state index contributed by atoms with van der Waals surface area (Å²) in [6.07, 6.45) is 6.92. The average Bonchev–Trinajstić information content (AvgIpc) is 3.10. The van der Waals surface area contributed by atoms with Crippen LogP contribution in [0.4, 0.5) is 5.69 Å². The third-order valence-electron chi connectivity index (χ3n) is 7.35. The first kappa shape index (κ1) is 20.0. The normalized spacial score (nSPS) is 25.3. The summed E-state index contributed by atoms with van der Waals surface area (Å²) >= 11 is 0. The molecule has 2 fully saturated rings. The molecule has 0 saturated carbocycles. The molecule has 0 radical (unpaired) electrons. The largest absolute Gasteiger partial charge is 0.326 e. The number of piperidine rings is 2. The van der Waals surface area contributed by atoms with Gasteiger partial charge in [0.2, 0.25) is 5.91 Å². The van der Waals surface area contributed by atoms with Crippen LogP contribution >= 0.6 is 0 Å². The maximum Gasteiger partial charge on any atom is 0.226 e. The van der Waals surface area contributed by atoms with Crippen LogP contribution in [0.25, 0.3) is 11.0 Å². The Bertz CT molecular complexity index is 918. The van der Waals surface area contributed by atoms with E-state index in [9.17, 15) is 4.79 Å². The minimum atomic E-state index is -0.0238. The number of carbonyl (C=O) groups is 1. The van der Waals surface area contributed by atoms with Gasteiger partial charge >= 0.3 is 0 Å². The molecule has 162 valence electrons. The molecule has 2 atom stereocenters. The van der Waals surface area contributed by atoms with Gasteiger partial charge in [0.25, 0.3) is 0 Å². The van der Waals surface area contributed by atoms with Crippen molar-refractivity contribution < 1.29 is 4.79 Å². The van der Waals surface area contributed by atoms with E-state index in [-0.39, 0.29) is 11.8 Å². The number of rotatable bonds is 4. The highest BCUT2D eigenvalue weighted by Crippen LogP contribution is 2.32. The van der Waals surface area contributed by atoms with E-state index in [4.69, 9.17) is 4.98 Å². The van der Waals surface area contributed by atoms with Crippen molar-refractivity contribution in [3.05, 3.63) is 24.0 Å². The maximum atomic E-state index is 12.0. The Morgan fingerprint density at radius 3 is 2.87 bits per heavy atom. The highest BCUT2D eigenvalue weighted by molar-refractivity contribution is 5.94. The van der Waals surface area contributed by atoms with Crippen molar-refractivity contribution in [3.63, 3.8) is 0 Å². The Morgan fingerprint density at radius 2 is 2.00 bits per heavy atom. The quantitative estimate of drug-likeness (QED) is 0.836. The van der Waals surface area contributed by atoms with Crippen LogP contribution < -0.4 is 5.32 Å². The highest BCUT2D eigenvalue weighted by Gasteiger charge is 2.34. The molecule has 1 amide bonds. The van der Waals surface area contributed by atoms with Gasteiger partial charge < -0.3 is 14.8 Å². The van der Waals surface area contributed by atoms with E-state index in [0.29, 0.717) is 0 Å². The molecule has 6 heteroatoms. The number of imidazole rings is 1. The molecule has 0 aliphatic carbocycles. The van der Waals surface area contributed by atoms with Crippen molar-refractivity contribution in [2.75, 3.05) is 31.5 Å². The molecule has 1 N–H and O–H groups in total. The molecule has 4 heterocycles. The number of nitrogens with one attached hydrogen (secondary N) is 1. The first-order chi connectivity index (χ1) is 14.6. The fraction of sp³-hybridized carbons (Fsp3) is 0.667. The Morgan fingerprint density at radius 1 is 1.13 bits per heavy atom. The van der Waals surface area contributed by atoms with Gasteiger partial charge in [0, 0.05) is 37.3 Å². The second-order valence-electron chi connectivity index (χ2n) is 9.76. The van der Waals surface area contributed by atoms with Gasteiger partial charge in [-0.05, 0) is 62.9 Å². The van der Waals surface area contributed by atoms with Crippen LogP contribution in [0.5, 0.6) is 0 Å². The van der Waals surface area contributed by atoms with Gasteiger partial charge in [0.1, 0.15) is 5.82 Å². The van der Waals surface area contributed by atoms with Crippen LogP contribution in [-0.2, 0) is 17.9 Å². The molecule has 1 aromatic carbocycles. The van der Waals surface area contributed by atoms with Crippen molar-refractivity contribution in [2.24, 2.45) is 11.8 Å². The SMILES string of the molecule is CC(C)C(=O)Nc1ccc2c(c1)nc1n2CCN(C[C@@H]2CCCN3CCCC[C@H]23)C1. The number of hydrogen-bond acceptors (Lipinski definition) is 4. The molecular formula is C24H35N5O. The van der Waals surface area contributed by atoms with Gasteiger partial charge in [-0.25, -0.2) is 4.98 Å². The van der Waals surface area contributed by atoms with Crippen molar-refractivity contribution in [1.82, 2.24) is 19.4 Å². The summed E-state index contributed by atoms with van der Waals surface area (Å²) in [6, 6.07) is 6.94. The zero-order valence-corrected chi connectivity index (χ0v) is 18.4. The molecule has 30 heavy (non-hydrogen) atoms. The fourth-order valence-corrected chi connectivity index (χ4v) is 5.71. The Hall–Kier alpha value is -1.92. The number of anilines is 1. The summed E-state index contributed by atoms with van der Waals surface area (Å²) < 4.78 is 2.37. The third kappa shape index (κ3) is 3.87. The van der Waals surface area contributed by atoms with Crippen LogP contribution in [0.15, 0.2) is 18.2 Å². The molecule has 0 spiro atoms. The summed E-state index contributed by atoms with van der Waals surface area (Å²) in [4.78, 5) is 22.4. The van der Waals surface area contributed by atoms with Crippen molar-refractivity contribution in [2.45, 2.75) is 65.1 Å². The van der Waals surface area contributed by atoms with Crippen molar-refractivity contribution >= 4 is 22.6 Å². The Balaban J connectivity index is 1.29. The number of benzene rings is 1. The summed E-state index contributed by atoms with van der Waals surface area (Å²) in [5.41, 5.74) is 3.01. The van der Waals surface area contributed by atoms with Crippen LogP contribution in [0.3, 0.4) is 0 Å². The lowest BCUT2D eigenvalue weighted by Crippen LogP contribution is -2.51. The first-order valence-electron chi connectivity index (χ1n) is 11.8. The molecule has 0 bridgehead atoms. The molecule has 2 aromatic rings. The van der Waals surface area contributed by atoms with Crippen LogP contribution in [0.1, 0.15) is 51.8 Å². The number of aromatic nitrogens is 2. The standard InChI is InChI=1S/C24H35N5O/c1-17(2)24(30)25-19-8-9-22-20(14-19)26-23-16-27(12-13-29(22)23)15-18-6-5-11-28-10-4-3-7-21(18)28/h8-9,14,17-18,21H,3-7,10-13,15-16H2,1-2H3,(H,25,30)/t18-,21+/m0/s1. The lowest BCUT2D eigenvalue weighted by atomic mass is 9.83. The van der Waals surface area contributed by atoms with Crippen LogP contribution in [-0.4, -0.2) is 57.5 Å². The van der Waals surface area contributed by atoms with Gasteiger partial charge in [0.15, 0.2) is 0 Å². The molecule has 3 aliphatic heterocycles. The zero-order valence-electron chi connectivity index (χ0n) is 18.4. The minimum Gasteiger partial charge on any atom is -0.326 e. The number of amides is 1. The van der Waals surface area contributed by atoms with E-state index in [1.807, 2.05) is 26.0 Å². The second-order valence-corrected chi connectivity index (χ2v) is 9.76. The second kappa shape index (κ2) is 8.31. The summed E-state index contributed by atoms with van der Waals surface area (Å²) in [5, 5.41) is 3.00. The maximum absolute atomic E-state index is 12.0. The fourth-order valence-electron chi connectivity index (χ4n) is 5.71. The first-order valence-corrected chi connectivity index (χ1v) is 11.8. The molecule has 1 aromatic heterocycles. The van der Waals surface area contributed by atoms with Crippen molar-refractivity contribution in [1.29, 1.82) is 0 Å². The molecular weight excluding hydrogens is 374 g/mol. The monoisotopic (exact) mass is 409 g/mol. The van der Waals surface area contributed by atoms with Crippen LogP contribution in [0.2, 0.25) is 0 Å². The van der Waals surface area contributed by atoms with Gasteiger partial charge in [-0.2, -0.15) is 0 Å². The molecule has 3 aliphatic rings. The van der Waals surface area contributed by atoms with E-state index < -0.39 is 0 Å². The number of hydrogen-bond donors (Lipinski definition) is 1. The summed E-state index contributed by atoms with van der Waals surface area (Å²) in [6.45, 7) is 10.7. The van der Waals surface area contributed by atoms with E-state index >= 15 is 0 Å². The summed E-state index contributed by atoms with van der Waals surface area (Å²) in [7, 11) is 0. The Kier molecular flexibility index (Phi) is 5.54. The number of fused-ring (bicyclic) bond motifs is 4. The molecule has 6 nitrogen and oxygen atoms in total. The molecule has 5 rings (SSSR count). The predicted molar refractivity (Wildman–Crippen MR) is 120 cm³/mol. The van der Waals surface area contributed by atoms with Gasteiger partial charge in [-0.15, -0.1) is 0 Å². The van der Waals surface area contributed by atoms with Gasteiger partial charge in [0.05, 0.1) is 17.6 Å². The van der Waals surface area contributed by atoms with E-state index in [1.54, 1.807) is 0 Å². The lowest BCUT2D eigenvalue weighted by Gasteiger charge is -2.46.